The van der Waals surface area contributed by atoms with E-state index in [4.69, 9.17) is 4.74 Å². The molecule has 0 aliphatic carbocycles. The summed E-state index contributed by atoms with van der Waals surface area (Å²) >= 11 is 0. The lowest BCUT2D eigenvalue weighted by Gasteiger charge is -2.14. The van der Waals surface area contributed by atoms with Crippen molar-refractivity contribution in [1.29, 1.82) is 0 Å². The third-order valence-electron chi connectivity index (χ3n) is 5.50. The predicted molar refractivity (Wildman–Crippen MR) is 144 cm³/mol. The van der Waals surface area contributed by atoms with Crippen LogP contribution in [0.4, 0.5) is 20.7 Å². The average Bonchev–Trinajstić information content (AvgIpc) is 3.29. The number of benzene rings is 2. The molecule has 2 aromatic carbocycles. The van der Waals surface area contributed by atoms with Gasteiger partial charge in [-0.1, -0.05) is 20.8 Å². The molecule has 0 unspecified atom stereocenters. The Morgan fingerprint density at radius 2 is 1.61 bits per heavy atom. The number of urea groups is 1. The van der Waals surface area contributed by atoms with Gasteiger partial charge in [-0.25, -0.2) is 13.9 Å². The van der Waals surface area contributed by atoms with Crippen LogP contribution < -0.4 is 15.4 Å². The Balaban J connectivity index is 1.45. The average molecular weight is 517 g/mol. The fourth-order valence-electron chi connectivity index (χ4n) is 3.46. The van der Waals surface area contributed by atoms with E-state index in [0.29, 0.717) is 28.7 Å². The van der Waals surface area contributed by atoms with Gasteiger partial charge >= 0.3 is 6.03 Å². The number of nitrogens with zero attached hydrogens (tertiary/aromatic N) is 4. The molecule has 0 aliphatic heterocycles. The molecular formula is C28H29FN6O3. The first-order valence-corrected chi connectivity index (χ1v) is 11.9. The van der Waals surface area contributed by atoms with Gasteiger partial charge in [-0.3, -0.25) is 15.1 Å². The number of amides is 3. The topological polar surface area (TPSA) is 101 Å². The number of nitrogens with one attached hydrogen (secondary N) is 2. The summed E-state index contributed by atoms with van der Waals surface area (Å²) in [6.07, 6.45) is 1.51. The molecule has 4 rings (SSSR count). The van der Waals surface area contributed by atoms with Gasteiger partial charge in [-0.05, 0) is 54.6 Å². The maximum Gasteiger partial charge on any atom is 0.324 e. The van der Waals surface area contributed by atoms with Gasteiger partial charge in [0, 0.05) is 43.5 Å². The van der Waals surface area contributed by atoms with E-state index in [2.05, 4.69) is 20.7 Å². The third kappa shape index (κ3) is 6.33. The van der Waals surface area contributed by atoms with Crippen LogP contribution >= 0.6 is 0 Å². The Labute approximate surface area is 220 Å². The van der Waals surface area contributed by atoms with Crippen molar-refractivity contribution >= 4 is 23.4 Å². The van der Waals surface area contributed by atoms with Gasteiger partial charge in [0.1, 0.15) is 28.8 Å². The van der Waals surface area contributed by atoms with Crippen LogP contribution in [0, 0.1) is 5.82 Å². The Bertz CT molecular complexity index is 1440. The van der Waals surface area contributed by atoms with Gasteiger partial charge in [0.15, 0.2) is 0 Å². The van der Waals surface area contributed by atoms with E-state index < -0.39 is 6.03 Å². The van der Waals surface area contributed by atoms with Crippen LogP contribution in [-0.4, -0.2) is 45.7 Å². The van der Waals surface area contributed by atoms with E-state index in [-0.39, 0.29) is 22.8 Å². The van der Waals surface area contributed by atoms with Crippen LogP contribution in [-0.2, 0) is 5.41 Å². The van der Waals surface area contributed by atoms with Crippen molar-refractivity contribution < 1.29 is 18.7 Å². The highest BCUT2D eigenvalue weighted by atomic mass is 19.1. The number of carbonyl (C=O) groups is 2. The number of pyridine rings is 1. The summed E-state index contributed by atoms with van der Waals surface area (Å²) < 4.78 is 20.8. The molecule has 0 aliphatic rings. The van der Waals surface area contributed by atoms with Crippen molar-refractivity contribution in [3.05, 3.63) is 90.1 Å². The molecule has 0 saturated carbocycles. The third-order valence-corrected chi connectivity index (χ3v) is 5.50. The number of halogens is 1. The predicted octanol–water partition coefficient (Wildman–Crippen LogP) is 5.84. The molecule has 3 amide bonds. The molecule has 38 heavy (non-hydrogen) atoms. The zero-order valence-corrected chi connectivity index (χ0v) is 21.8. The summed E-state index contributed by atoms with van der Waals surface area (Å²) in [5.74, 6) is 0.848. The summed E-state index contributed by atoms with van der Waals surface area (Å²) in [7, 11) is 3.30. The van der Waals surface area contributed by atoms with E-state index in [9.17, 15) is 14.0 Å². The number of carbonyl (C=O) groups excluding carboxylic acids is 2. The molecule has 2 aromatic heterocycles. The normalized spacial score (nSPS) is 11.1. The second-order valence-corrected chi connectivity index (χ2v) is 9.83. The largest absolute Gasteiger partial charge is 0.457 e. The highest BCUT2D eigenvalue weighted by molar-refractivity contribution is 5.99. The lowest BCUT2D eigenvalue weighted by Crippen LogP contribution is -2.22. The van der Waals surface area contributed by atoms with Crippen molar-refractivity contribution in [1.82, 2.24) is 19.7 Å². The molecule has 4 aromatic rings. The highest BCUT2D eigenvalue weighted by Crippen LogP contribution is 2.27. The second kappa shape index (κ2) is 10.7. The Morgan fingerprint density at radius 3 is 2.24 bits per heavy atom. The summed E-state index contributed by atoms with van der Waals surface area (Å²) in [6, 6.07) is 17.2. The summed E-state index contributed by atoms with van der Waals surface area (Å²) in [5, 5.41) is 10.2. The van der Waals surface area contributed by atoms with E-state index in [0.717, 1.165) is 5.69 Å². The lowest BCUT2D eigenvalue weighted by atomic mass is 9.92. The standard InChI is InChI=1S/C28H29FN6O3/c1-28(2,3)24-17-25(35(33-24)20-10-6-18(29)7-11-20)32-27(37)31-19-8-12-21(13-9-19)38-22-14-15-30-23(16-22)26(36)34(4)5/h6-17H,1-5H3,(H2,31,32,37). The van der Waals surface area contributed by atoms with Gasteiger partial charge in [-0.15, -0.1) is 0 Å². The number of hydrogen-bond acceptors (Lipinski definition) is 5. The maximum absolute atomic E-state index is 13.4. The van der Waals surface area contributed by atoms with Crippen LogP contribution in [0.2, 0.25) is 0 Å². The van der Waals surface area contributed by atoms with Gasteiger partial charge < -0.3 is 15.0 Å². The zero-order valence-electron chi connectivity index (χ0n) is 21.8. The zero-order chi connectivity index (χ0) is 27.4. The molecule has 0 spiro atoms. The van der Waals surface area contributed by atoms with Gasteiger partial charge in [-0.2, -0.15) is 5.10 Å². The smallest absolute Gasteiger partial charge is 0.324 e. The highest BCUT2D eigenvalue weighted by Gasteiger charge is 2.21. The SMILES string of the molecule is CN(C)C(=O)c1cc(Oc2ccc(NC(=O)Nc3cc(C(C)(C)C)nn3-c3ccc(F)cc3)cc2)ccn1. The van der Waals surface area contributed by atoms with Gasteiger partial charge in [0.25, 0.3) is 5.91 Å². The van der Waals surface area contributed by atoms with Crippen LogP contribution in [0.25, 0.3) is 5.69 Å². The van der Waals surface area contributed by atoms with Crippen molar-refractivity contribution in [2.45, 2.75) is 26.2 Å². The molecule has 0 bridgehead atoms. The van der Waals surface area contributed by atoms with Gasteiger partial charge in [0.2, 0.25) is 0 Å². The monoisotopic (exact) mass is 516 g/mol. The number of rotatable bonds is 6. The molecule has 10 heteroatoms. The number of ether oxygens (including phenoxy) is 1. The quantitative estimate of drug-likeness (QED) is 0.335. The number of aromatic nitrogens is 3. The maximum atomic E-state index is 13.4. The van der Waals surface area contributed by atoms with E-state index >= 15 is 0 Å². The van der Waals surface area contributed by atoms with Crippen molar-refractivity contribution in [3.8, 4) is 17.2 Å². The van der Waals surface area contributed by atoms with Crippen LogP contribution in [0.15, 0.2) is 72.9 Å². The molecule has 0 saturated heterocycles. The summed E-state index contributed by atoms with van der Waals surface area (Å²) in [6.45, 7) is 6.06. The first-order valence-electron chi connectivity index (χ1n) is 11.9. The van der Waals surface area contributed by atoms with E-state index in [1.807, 2.05) is 20.8 Å². The minimum atomic E-state index is -0.469. The Hall–Kier alpha value is -4.73. The molecule has 2 N–H and O–H groups in total. The first-order chi connectivity index (χ1) is 18.0. The fourth-order valence-corrected chi connectivity index (χ4v) is 3.46. The number of hydrogen-bond donors (Lipinski definition) is 2. The van der Waals surface area contributed by atoms with Crippen molar-refractivity contribution in [2.75, 3.05) is 24.7 Å². The minimum absolute atomic E-state index is 0.226. The number of anilines is 2. The molecule has 2 heterocycles. The van der Waals surface area contributed by atoms with Gasteiger partial charge in [0.05, 0.1) is 11.4 Å². The summed E-state index contributed by atoms with van der Waals surface area (Å²) in [4.78, 5) is 30.5. The first kappa shape index (κ1) is 26.3. The fraction of sp³-hybridized carbons (Fsp3) is 0.214. The molecule has 9 nitrogen and oxygen atoms in total. The summed E-state index contributed by atoms with van der Waals surface area (Å²) in [5.41, 5.74) is 1.94. The van der Waals surface area contributed by atoms with Crippen LogP contribution in [0.1, 0.15) is 37.0 Å². The van der Waals surface area contributed by atoms with Crippen molar-refractivity contribution in [2.24, 2.45) is 0 Å². The lowest BCUT2D eigenvalue weighted by molar-refractivity contribution is 0.0821. The Kier molecular flexibility index (Phi) is 7.43. The second-order valence-electron chi connectivity index (χ2n) is 9.83. The Morgan fingerprint density at radius 1 is 0.921 bits per heavy atom. The minimum Gasteiger partial charge on any atom is -0.457 e. The molecular weight excluding hydrogens is 487 g/mol. The van der Waals surface area contributed by atoms with Crippen LogP contribution in [0.3, 0.4) is 0 Å². The van der Waals surface area contributed by atoms with E-state index in [1.165, 1.54) is 23.2 Å². The van der Waals surface area contributed by atoms with Crippen molar-refractivity contribution in [3.63, 3.8) is 0 Å². The van der Waals surface area contributed by atoms with Crippen LogP contribution in [0.5, 0.6) is 11.5 Å². The molecule has 0 radical (unpaired) electrons. The molecule has 0 atom stereocenters. The molecule has 0 fully saturated rings. The molecule has 196 valence electrons. The van der Waals surface area contributed by atoms with E-state index in [1.54, 1.807) is 73.4 Å².